The fourth-order valence-electron chi connectivity index (χ4n) is 5.34. The molecule has 1 aliphatic carbocycles. The molecule has 0 spiro atoms. The largest absolute Gasteiger partial charge is 0.382 e. The summed E-state index contributed by atoms with van der Waals surface area (Å²) in [6.45, 7) is 5.35. The zero-order valence-corrected chi connectivity index (χ0v) is 19.5. The summed E-state index contributed by atoms with van der Waals surface area (Å²) >= 11 is 0. The maximum absolute atomic E-state index is 14.5. The number of fused-ring (bicyclic) bond motifs is 8. The number of pyridine rings is 1. The highest BCUT2D eigenvalue weighted by Crippen LogP contribution is 2.43. The van der Waals surface area contributed by atoms with Gasteiger partial charge in [-0.15, -0.1) is 0 Å². The Labute approximate surface area is 198 Å². The summed E-state index contributed by atoms with van der Waals surface area (Å²) in [6.07, 6.45) is 7.55. The quantitative estimate of drug-likeness (QED) is 0.599. The highest BCUT2D eigenvalue weighted by atomic mass is 19.1. The normalized spacial score (nSPS) is 20.0. The highest BCUT2D eigenvalue weighted by molar-refractivity contribution is 5.96. The van der Waals surface area contributed by atoms with E-state index in [9.17, 15) is 9.18 Å². The lowest BCUT2D eigenvalue weighted by Gasteiger charge is -2.31. The predicted molar refractivity (Wildman–Crippen MR) is 129 cm³/mol. The minimum atomic E-state index is -0.332. The summed E-state index contributed by atoms with van der Waals surface area (Å²) in [5.74, 6) is 0.0559. The zero-order chi connectivity index (χ0) is 23.6. The van der Waals surface area contributed by atoms with E-state index in [-0.39, 0.29) is 29.8 Å². The summed E-state index contributed by atoms with van der Waals surface area (Å²) in [4.78, 5) is 22.6. The molecule has 2 N–H and O–H groups in total. The number of nitrogen functional groups attached to an aromatic ring is 1. The summed E-state index contributed by atoms with van der Waals surface area (Å²) in [5, 5.41) is 4.88. The third-order valence-corrected chi connectivity index (χ3v) is 7.28. The van der Waals surface area contributed by atoms with Crippen LogP contribution in [0.4, 0.5) is 15.9 Å². The van der Waals surface area contributed by atoms with Gasteiger partial charge in [0.15, 0.2) is 0 Å². The van der Waals surface area contributed by atoms with Crippen LogP contribution in [0.2, 0.25) is 0 Å². The van der Waals surface area contributed by atoms with E-state index in [2.05, 4.69) is 29.8 Å². The molecule has 2 bridgehead atoms. The highest BCUT2D eigenvalue weighted by Gasteiger charge is 2.38. The Balaban J connectivity index is 1.60. The standard InChI is InChI=1S/C26H29FN6O/c1-15(2)33-13-21-16-10-24(25(28)29-12-16)31-9-3-4-23(31)20-11-17(27)5-8-19(20)26(34)32(18-6-7-18)14-22(21)30-33/h5,8,10-13,15,18,23H,3-4,6-7,9,14H2,1-2H3,(H2,28,29)/t23-/m1/s1. The van der Waals surface area contributed by atoms with Crippen LogP contribution in [-0.4, -0.2) is 38.2 Å². The number of rotatable bonds is 2. The topological polar surface area (TPSA) is 80.3 Å². The Morgan fingerprint density at radius 3 is 2.71 bits per heavy atom. The van der Waals surface area contributed by atoms with E-state index < -0.39 is 0 Å². The van der Waals surface area contributed by atoms with Crippen LogP contribution in [-0.2, 0) is 6.54 Å². The third kappa shape index (κ3) is 3.43. The molecule has 3 aliphatic rings. The van der Waals surface area contributed by atoms with Crippen molar-refractivity contribution in [2.75, 3.05) is 17.2 Å². The monoisotopic (exact) mass is 460 g/mol. The molecule has 3 aromatic rings. The number of nitrogens with two attached hydrogens (primary N) is 1. The first-order valence-electron chi connectivity index (χ1n) is 12.1. The minimum Gasteiger partial charge on any atom is -0.382 e. The SMILES string of the molecule is CC(C)n1cc2c(n1)CN(C1CC1)C(=O)c1ccc(F)cc1[C@H]1CCCN1c1cc-2cnc1N. The number of nitrogens with zero attached hydrogens (tertiary/aromatic N) is 5. The number of carbonyl (C=O) groups excluding carboxylic acids is 1. The molecule has 2 aromatic heterocycles. The fraction of sp³-hybridized carbons (Fsp3) is 0.423. The smallest absolute Gasteiger partial charge is 0.254 e. The van der Waals surface area contributed by atoms with Crippen molar-refractivity contribution in [3.8, 4) is 11.1 Å². The van der Waals surface area contributed by atoms with E-state index in [0.717, 1.165) is 60.3 Å². The van der Waals surface area contributed by atoms with Crippen molar-refractivity contribution in [2.45, 2.75) is 64.2 Å². The predicted octanol–water partition coefficient (Wildman–Crippen LogP) is 4.71. The number of carbonyl (C=O) groups is 1. The molecule has 0 radical (unpaired) electrons. The molecule has 2 aliphatic heterocycles. The van der Waals surface area contributed by atoms with Gasteiger partial charge in [-0.25, -0.2) is 9.37 Å². The van der Waals surface area contributed by atoms with Crippen molar-refractivity contribution in [1.29, 1.82) is 0 Å². The molecule has 34 heavy (non-hydrogen) atoms. The van der Waals surface area contributed by atoms with Crippen molar-refractivity contribution in [2.24, 2.45) is 0 Å². The number of halogens is 1. The van der Waals surface area contributed by atoms with E-state index >= 15 is 0 Å². The lowest BCUT2D eigenvalue weighted by atomic mass is 9.96. The number of hydrogen-bond acceptors (Lipinski definition) is 5. The van der Waals surface area contributed by atoms with E-state index in [0.29, 0.717) is 17.9 Å². The first kappa shape index (κ1) is 21.1. The second-order valence-corrected chi connectivity index (χ2v) is 9.94. The Morgan fingerprint density at radius 1 is 1.12 bits per heavy atom. The number of hydrogen-bond donors (Lipinski definition) is 1. The molecule has 4 heterocycles. The number of aromatic nitrogens is 3. The van der Waals surface area contributed by atoms with E-state index in [1.165, 1.54) is 12.1 Å². The second kappa shape index (κ2) is 7.82. The Kier molecular flexibility index (Phi) is 4.86. The number of amides is 1. The van der Waals surface area contributed by atoms with Crippen LogP contribution in [0.25, 0.3) is 11.1 Å². The van der Waals surface area contributed by atoms with Gasteiger partial charge in [-0.3, -0.25) is 9.48 Å². The van der Waals surface area contributed by atoms with Gasteiger partial charge in [0.1, 0.15) is 11.6 Å². The van der Waals surface area contributed by atoms with Crippen LogP contribution in [0.5, 0.6) is 0 Å². The van der Waals surface area contributed by atoms with Crippen molar-refractivity contribution in [3.05, 3.63) is 59.3 Å². The molecular formula is C26H29FN6O. The Morgan fingerprint density at radius 2 is 1.94 bits per heavy atom. The number of anilines is 2. The van der Waals surface area contributed by atoms with Crippen molar-refractivity contribution in [1.82, 2.24) is 19.7 Å². The first-order valence-corrected chi connectivity index (χ1v) is 12.1. The van der Waals surface area contributed by atoms with Crippen LogP contribution in [0.1, 0.15) is 73.2 Å². The maximum Gasteiger partial charge on any atom is 0.254 e. The van der Waals surface area contributed by atoms with Crippen molar-refractivity contribution < 1.29 is 9.18 Å². The van der Waals surface area contributed by atoms with Crippen LogP contribution in [0.15, 0.2) is 36.7 Å². The fourth-order valence-corrected chi connectivity index (χ4v) is 5.34. The average molecular weight is 461 g/mol. The molecule has 1 saturated carbocycles. The van der Waals surface area contributed by atoms with Crippen molar-refractivity contribution >= 4 is 17.4 Å². The molecule has 1 atom stereocenters. The summed E-state index contributed by atoms with van der Waals surface area (Å²) in [7, 11) is 0. The molecule has 6 rings (SSSR count). The van der Waals surface area contributed by atoms with Gasteiger partial charge in [0.25, 0.3) is 5.91 Å². The van der Waals surface area contributed by atoms with Crippen LogP contribution < -0.4 is 10.6 Å². The van der Waals surface area contributed by atoms with E-state index in [1.807, 2.05) is 15.8 Å². The molecule has 0 unspecified atom stereocenters. The van der Waals surface area contributed by atoms with Crippen LogP contribution in [0, 0.1) is 5.82 Å². The molecule has 8 heteroatoms. The Bertz CT molecular complexity index is 1280. The van der Waals surface area contributed by atoms with E-state index in [1.54, 1.807) is 12.3 Å². The van der Waals surface area contributed by atoms with Gasteiger partial charge in [-0.1, -0.05) is 0 Å². The summed E-state index contributed by atoms with van der Waals surface area (Å²) in [6, 6.07) is 6.88. The van der Waals surface area contributed by atoms with E-state index in [4.69, 9.17) is 10.8 Å². The zero-order valence-electron chi connectivity index (χ0n) is 19.5. The molecule has 1 saturated heterocycles. The third-order valence-electron chi connectivity index (χ3n) is 7.28. The van der Waals surface area contributed by atoms with Crippen LogP contribution in [0.3, 0.4) is 0 Å². The van der Waals surface area contributed by atoms with Gasteiger partial charge in [0.05, 0.1) is 24.0 Å². The minimum absolute atomic E-state index is 0.0512. The molecule has 1 amide bonds. The van der Waals surface area contributed by atoms with Gasteiger partial charge in [-0.05, 0) is 69.4 Å². The van der Waals surface area contributed by atoms with Crippen LogP contribution >= 0.6 is 0 Å². The molecule has 7 nitrogen and oxygen atoms in total. The number of benzene rings is 1. The van der Waals surface area contributed by atoms with Gasteiger partial charge in [0.2, 0.25) is 0 Å². The molecular weight excluding hydrogens is 431 g/mol. The molecule has 1 aromatic carbocycles. The Hall–Kier alpha value is -3.42. The van der Waals surface area contributed by atoms with Gasteiger partial charge in [-0.2, -0.15) is 5.10 Å². The van der Waals surface area contributed by atoms with Gasteiger partial charge in [0, 0.05) is 47.7 Å². The maximum atomic E-state index is 14.5. The molecule has 176 valence electrons. The summed E-state index contributed by atoms with van der Waals surface area (Å²) < 4.78 is 16.4. The van der Waals surface area contributed by atoms with Crippen molar-refractivity contribution in [3.63, 3.8) is 0 Å². The van der Waals surface area contributed by atoms with Gasteiger partial charge >= 0.3 is 0 Å². The first-order chi connectivity index (χ1) is 16.4. The van der Waals surface area contributed by atoms with Gasteiger partial charge < -0.3 is 15.5 Å². The lowest BCUT2D eigenvalue weighted by Crippen LogP contribution is -2.35. The lowest BCUT2D eigenvalue weighted by molar-refractivity contribution is 0.0726. The second-order valence-electron chi connectivity index (χ2n) is 9.94. The molecule has 2 fully saturated rings. The average Bonchev–Trinajstić information content (AvgIpc) is 3.37. The summed E-state index contributed by atoms with van der Waals surface area (Å²) in [5.41, 5.74) is 11.2.